The van der Waals surface area contributed by atoms with Crippen molar-refractivity contribution in [1.29, 1.82) is 0 Å². The molecule has 19 heavy (non-hydrogen) atoms. The standard InChI is InChI=1S/C15H19NO3/c1-15(2,10-16-14(18)9-17)12-5-6-13-11(8-12)4-3-7-19-13/h5-6,8-9H,3-4,7,10H2,1-2H3,(H,16,18). The molecule has 102 valence electrons. The first-order valence-corrected chi connectivity index (χ1v) is 6.52. The van der Waals surface area contributed by atoms with Crippen molar-refractivity contribution < 1.29 is 14.3 Å². The number of amides is 1. The molecule has 1 heterocycles. The molecule has 1 aliphatic heterocycles. The molecule has 1 aliphatic rings. The summed E-state index contributed by atoms with van der Waals surface area (Å²) in [6.07, 6.45) is 2.37. The van der Waals surface area contributed by atoms with Crippen molar-refractivity contribution in [1.82, 2.24) is 5.32 Å². The van der Waals surface area contributed by atoms with Crippen LogP contribution in [0, 0.1) is 0 Å². The number of carbonyl (C=O) groups excluding carboxylic acids is 2. The van der Waals surface area contributed by atoms with Crippen molar-refractivity contribution in [3.05, 3.63) is 29.3 Å². The molecule has 0 fully saturated rings. The lowest BCUT2D eigenvalue weighted by molar-refractivity contribution is -0.131. The summed E-state index contributed by atoms with van der Waals surface area (Å²) in [7, 11) is 0. The van der Waals surface area contributed by atoms with E-state index in [0.717, 1.165) is 30.8 Å². The monoisotopic (exact) mass is 261 g/mol. The average molecular weight is 261 g/mol. The summed E-state index contributed by atoms with van der Waals surface area (Å²) >= 11 is 0. The van der Waals surface area contributed by atoms with Gasteiger partial charge in [-0.1, -0.05) is 26.0 Å². The molecule has 0 saturated heterocycles. The quantitative estimate of drug-likeness (QED) is 0.661. The first kappa shape index (κ1) is 13.6. The fraction of sp³-hybridized carbons (Fsp3) is 0.467. The van der Waals surface area contributed by atoms with Crippen molar-refractivity contribution in [2.75, 3.05) is 13.2 Å². The first-order chi connectivity index (χ1) is 9.03. The van der Waals surface area contributed by atoms with Crippen LogP contribution in [-0.4, -0.2) is 25.3 Å². The molecular formula is C15H19NO3. The second-order valence-corrected chi connectivity index (χ2v) is 5.49. The summed E-state index contributed by atoms with van der Waals surface area (Å²) < 4.78 is 5.59. The maximum atomic E-state index is 11.0. The molecule has 0 radical (unpaired) electrons. The van der Waals surface area contributed by atoms with Crippen LogP contribution in [0.3, 0.4) is 0 Å². The third-order valence-electron chi connectivity index (χ3n) is 3.50. The van der Waals surface area contributed by atoms with Gasteiger partial charge >= 0.3 is 0 Å². The molecule has 4 nitrogen and oxygen atoms in total. The maximum absolute atomic E-state index is 11.0. The number of hydrogen-bond acceptors (Lipinski definition) is 3. The number of ether oxygens (including phenoxy) is 1. The molecule has 1 amide bonds. The van der Waals surface area contributed by atoms with Gasteiger partial charge in [0.25, 0.3) is 5.91 Å². The molecule has 0 unspecified atom stereocenters. The summed E-state index contributed by atoms with van der Waals surface area (Å²) in [6, 6.07) is 6.16. The Morgan fingerprint density at radius 2 is 2.26 bits per heavy atom. The first-order valence-electron chi connectivity index (χ1n) is 6.52. The van der Waals surface area contributed by atoms with E-state index in [-0.39, 0.29) is 5.41 Å². The Morgan fingerprint density at radius 1 is 1.47 bits per heavy atom. The van der Waals surface area contributed by atoms with E-state index in [1.165, 1.54) is 5.56 Å². The van der Waals surface area contributed by atoms with Crippen LogP contribution in [-0.2, 0) is 21.4 Å². The van der Waals surface area contributed by atoms with Gasteiger partial charge in [-0.25, -0.2) is 0 Å². The molecule has 0 spiro atoms. The Kier molecular flexibility index (Phi) is 3.88. The van der Waals surface area contributed by atoms with E-state index < -0.39 is 5.91 Å². The van der Waals surface area contributed by atoms with Crippen LogP contribution in [0.2, 0.25) is 0 Å². The topological polar surface area (TPSA) is 55.4 Å². The Bertz CT molecular complexity index is 494. The molecule has 4 heteroatoms. The average Bonchev–Trinajstić information content (AvgIpc) is 2.44. The van der Waals surface area contributed by atoms with Gasteiger partial charge < -0.3 is 10.1 Å². The van der Waals surface area contributed by atoms with E-state index >= 15 is 0 Å². The van der Waals surface area contributed by atoms with Gasteiger partial charge in [0, 0.05) is 12.0 Å². The summed E-state index contributed by atoms with van der Waals surface area (Å²) in [6.45, 7) is 5.31. The summed E-state index contributed by atoms with van der Waals surface area (Å²) in [5.74, 6) is 0.386. The fourth-order valence-corrected chi connectivity index (χ4v) is 2.23. The third kappa shape index (κ3) is 3.13. The molecule has 2 rings (SSSR count). The zero-order chi connectivity index (χ0) is 13.9. The zero-order valence-corrected chi connectivity index (χ0v) is 11.4. The van der Waals surface area contributed by atoms with Crippen LogP contribution < -0.4 is 10.1 Å². The number of rotatable bonds is 4. The van der Waals surface area contributed by atoms with Crippen molar-refractivity contribution in [2.24, 2.45) is 0 Å². The molecule has 0 aromatic heterocycles. The lowest BCUT2D eigenvalue weighted by atomic mass is 9.83. The molecule has 0 bridgehead atoms. The van der Waals surface area contributed by atoms with Crippen molar-refractivity contribution in [2.45, 2.75) is 32.1 Å². The zero-order valence-electron chi connectivity index (χ0n) is 11.4. The van der Waals surface area contributed by atoms with E-state index in [4.69, 9.17) is 4.74 Å². The van der Waals surface area contributed by atoms with Gasteiger partial charge in [0.15, 0.2) is 0 Å². The number of hydrogen-bond donors (Lipinski definition) is 1. The van der Waals surface area contributed by atoms with Gasteiger partial charge in [-0.3, -0.25) is 9.59 Å². The van der Waals surface area contributed by atoms with Crippen LogP contribution >= 0.6 is 0 Å². The number of benzene rings is 1. The Morgan fingerprint density at radius 3 is 3.00 bits per heavy atom. The number of fused-ring (bicyclic) bond motifs is 1. The highest BCUT2D eigenvalue weighted by Gasteiger charge is 2.23. The van der Waals surface area contributed by atoms with Crippen LogP contribution in [0.15, 0.2) is 18.2 Å². The van der Waals surface area contributed by atoms with Crippen molar-refractivity contribution >= 4 is 12.2 Å². The van der Waals surface area contributed by atoms with Gasteiger partial charge in [-0.05, 0) is 30.0 Å². The van der Waals surface area contributed by atoms with Crippen LogP contribution in [0.1, 0.15) is 31.4 Å². The lowest BCUT2D eigenvalue weighted by Crippen LogP contribution is -2.37. The van der Waals surface area contributed by atoms with Gasteiger partial charge in [0.05, 0.1) is 6.61 Å². The molecule has 0 saturated carbocycles. The summed E-state index contributed by atoms with van der Waals surface area (Å²) in [5, 5.41) is 2.61. The summed E-state index contributed by atoms with van der Waals surface area (Å²) in [5.41, 5.74) is 2.15. The van der Waals surface area contributed by atoms with E-state index in [0.29, 0.717) is 12.8 Å². The highest BCUT2D eigenvalue weighted by molar-refractivity contribution is 6.23. The van der Waals surface area contributed by atoms with Crippen LogP contribution in [0.25, 0.3) is 0 Å². The molecule has 0 aliphatic carbocycles. The van der Waals surface area contributed by atoms with Crippen molar-refractivity contribution in [3.63, 3.8) is 0 Å². The normalized spacial score (nSPS) is 14.2. The second-order valence-electron chi connectivity index (χ2n) is 5.49. The van der Waals surface area contributed by atoms with Crippen LogP contribution in [0.4, 0.5) is 0 Å². The smallest absolute Gasteiger partial charge is 0.284 e. The van der Waals surface area contributed by atoms with E-state index in [2.05, 4.69) is 11.4 Å². The number of nitrogens with one attached hydrogen (secondary N) is 1. The number of aryl methyl sites for hydroxylation is 1. The Balaban J connectivity index is 2.15. The van der Waals surface area contributed by atoms with Gasteiger partial charge in [-0.2, -0.15) is 0 Å². The highest BCUT2D eigenvalue weighted by atomic mass is 16.5. The van der Waals surface area contributed by atoms with Gasteiger partial charge in [0.1, 0.15) is 5.75 Å². The van der Waals surface area contributed by atoms with E-state index in [9.17, 15) is 9.59 Å². The molecule has 0 atom stereocenters. The lowest BCUT2D eigenvalue weighted by Gasteiger charge is -2.27. The highest BCUT2D eigenvalue weighted by Crippen LogP contribution is 2.30. The summed E-state index contributed by atoms with van der Waals surface area (Å²) in [4.78, 5) is 21.3. The predicted molar refractivity (Wildman–Crippen MR) is 72.4 cm³/mol. The Hall–Kier alpha value is -1.84. The minimum atomic E-state index is -0.575. The SMILES string of the molecule is CC(C)(CNC(=O)C=O)c1ccc2c(c1)CCCO2. The molecule has 1 aromatic carbocycles. The number of aldehydes is 1. The van der Waals surface area contributed by atoms with E-state index in [1.807, 2.05) is 26.0 Å². The maximum Gasteiger partial charge on any atom is 0.284 e. The van der Waals surface area contributed by atoms with Crippen molar-refractivity contribution in [3.8, 4) is 5.75 Å². The molecule has 1 N–H and O–H groups in total. The molecular weight excluding hydrogens is 242 g/mol. The third-order valence-corrected chi connectivity index (χ3v) is 3.50. The van der Waals surface area contributed by atoms with Gasteiger partial charge in [-0.15, -0.1) is 0 Å². The number of carbonyl (C=O) groups is 2. The van der Waals surface area contributed by atoms with Crippen LogP contribution in [0.5, 0.6) is 5.75 Å². The Labute approximate surface area is 113 Å². The predicted octanol–water partition coefficient (Wildman–Crippen LogP) is 1.60. The van der Waals surface area contributed by atoms with E-state index in [1.54, 1.807) is 0 Å². The second kappa shape index (κ2) is 5.43. The van der Waals surface area contributed by atoms with Gasteiger partial charge in [0.2, 0.25) is 6.29 Å². The fourth-order valence-electron chi connectivity index (χ4n) is 2.23. The minimum Gasteiger partial charge on any atom is -0.493 e. The minimum absolute atomic E-state index is 0.217. The largest absolute Gasteiger partial charge is 0.493 e. The molecule has 1 aromatic rings.